The number of benzene rings is 1. The highest BCUT2D eigenvalue weighted by atomic mass is 16.5. The summed E-state index contributed by atoms with van der Waals surface area (Å²) in [5, 5.41) is 9.37. The van der Waals surface area contributed by atoms with E-state index in [1.165, 1.54) is 0 Å². The number of carbonyl (C=O) groups excluding carboxylic acids is 1. The van der Waals surface area contributed by atoms with E-state index in [4.69, 9.17) is 4.74 Å². The zero-order valence-corrected chi connectivity index (χ0v) is 11.3. The molecule has 0 spiro atoms. The summed E-state index contributed by atoms with van der Waals surface area (Å²) in [5.41, 5.74) is 1.96. The summed E-state index contributed by atoms with van der Waals surface area (Å²) in [7, 11) is 0. The number of pyridine rings is 1. The van der Waals surface area contributed by atoms with Crippen LogP contribution in [0.2, 0.25) is 0 Å². The molecule has 4 nitrogen and oxygen atoms in total. The number of hydrogen-bond acceptors (Lipinski definition) is 4. The minimum absolute atomic E-state index is 0.0994. The molecule has 1 N–H and O–H groups in total. The molecule has 0 amide bonds. The van der Waals surface area contributed by atoms with Crippen molar-refractivity contribution in [3.05, 3.63) is 59.9 Å². The summed E-state index contributed by atoms with van der Waals surface area (Å²) < 4.78 is 5.04. The van der Waals surface area contributed by atoms with E-state index in [0.717, 1.165) is 11.1 Å². The second-order valence-corrected chi connectivity index (χ2v) is 4.43. The fraction of sp³-hybridized carbons (Fsp3) is 0.250. The highest BCUT2D eigenvalue weighted by molar-refractivity contribution is 5.71. The fourth-order valence-corrected chi connectivity index (χ4v) is 2.12. The Hall–Kier alpha value is -2.36. The van der Waals surface area contributed by atoms with Gasteiger partial charge < -0.3 is 9.84 Å². The Morgan fingerprint density at radius 3 is 2.35 bits per heavy atom. The number of phenols is 1. The molecule has 0 aliphatic carbocycles. The van der Waals surface area contributed by atoms with Crippen molar-refractivity contribution in [3.8, 4) is 5.75 Å². The average molecular weight is 271 g/mol. The third-order valence-corrected chi connectivity index (χ3v) is 3.08. The zero-order valence-electron chi connectivity index (χ0n) is 11.3. The summed E-state index contributed by atoms with van der Waals surface area (Å²) in [6.45, 7) is 2.16. The molecule has 1 aromatic heterocycles. The number of phenolic OH excluding ortho intramolecular Hbond substituents is 1. The van der Waals surface area contributed by atoms with Gasteiger partial charge in [-0.1, -0.05) is 12.1 Å². The summed E-state index contributed by atoms with van der Waals surface area (Å²) in [6.07, 6.45) is 3.67. The van der Waals surface area contributed by atoms with E-state index in [0.29, 0.717) is 6.61 Å². The van der Waals surface area contributed by atoms with Gasteiger partial charge in [-0.05, 0) is 42.3 Å². The van der Waals surface area contributed by atoms with Gasteiger partial charge in [-0.15, -0.1) is 0 Å². The zero-order chi connectivity index (χ0) is 14.4. The second-order valence-electron chi connectivity index (χ2n) is 4.43. The van der Waals surface area contributed by atoms with Crippen molar-refractivity contribution in [1.82, 2.24) is 4.98 Å². The van der Waals surface area contributed by atoms with Crippen LogP contribution >= 0.6 is 0 Å². The molecule has 1 unspecified atom stereocenters. The van der Waals surface area contributed by atoms with Crippen molar-refractivity contribution in [1.29, 1.82) is 0 Å². The quantitative estimate of drug-likeness (QED) is 0.849. The smallest absolute Gasteiger partial charge is 0.306 e. The van der Waals surface area contributed by atoms with Crippen LogP contribution in [0.25, 0.3) is 0 Å². The molecular weight excluding hydrogens is 254 g/mol. The van der Waals surface area contributed by atoms with Crippen molar-refractivity contribution in [3.63, 3.8) is 0 Å². The van der Waals surface area contributed by atoms with E-state index < -0.39 is 0 Å². The van der Waals surface area contributed by atoms with Crippen LogP contribution in [0, 0.1) is 0 Å². The van der Waals surface area contributed by atoms with Crippen molar-refractivity contribution in [2.24, 2.45) is 0 Å². The van der Waals surface area contributed by atoms with E-state index in [1.54, 1.807) is 31.5 Å². The maximum absolute atomic E-state index is 11.8. The van der Waals surface area contributed by atoms with Gasteiger partial charge in [0.2, 0.25) is 0 Å². The molecule has 0 aliphatic heterocycles. The van der Waals surface area contributed by atoms with Gasteiger partial charge in [-0.3, -0.25) is 9.78 Å². The molecular formula is C16H17NO3. The molecule has 1 heterocycles. The first-order valence-corrected chi connectivity index (χ1v) is 6.55. The Morgan fingerprint density at radius 1 is 1.15 bits per heavy atom. The highest BCUT2D eigenvalue weighted by Crippen LogP contribution is 2.29. The first-order valence-electron chi connectivity index (χ1n) is 6.55. The lowest BCUT2D eigenvalue weighted by molar-refractivity contribution is -0.143. The molecule has 1 aromatic carbocycles. The molecule has 0 radical (unpaired) electrons. The first kappa shape index (κ1) is 14.1. The van der Waals surface area contributed by atoms with Crippen LogP contribution in [0.5, 0.6) is 5.75 Å². The molecule has 0 saturated carbocycles. The third-order valence-electron chi connectivity index (χ3n) is 3.08. The predicted molar refractivity (Wildman–Crippen MR) is 75.4 cm³/mol. The summed E-state index contributed by atoms with van der Waals surface area (Å²) in [5.74, 6) is -0.126. The topological polar surface area (TPSA) is 59.4 Å². The van der Waals surface area contributed by atoms with Crippen LogP contribution in [0.15, 0.2) is 48.8 Å². The minimum Gasteiger partial charge on any atom is -0.508 e. The number of ether oxygens (including phenoxy) is 1. The van der Waals surface area contributed by atoms with Crippen LogP contribution in [0.4, 0.5) is 0 Å². The number of carbonyl (C=O) groups is 1. The Labute approximate surface area is 118 Å². The molecule has 0 bridgehead atoms. The Morgan fingerprint density at radius 2 is 1.75 bits per heavy atom. The Bertz CT molecular complexity index is 552. The van der Waals surface area contributed by atoms with Crippen LogP contribution in [-0.2, 0) is 9.53 Å². The SMILES string of the molecule is CCOC(=O)CC(c1ccncc1)c1ccc(O)cc1. The van der Waals surface area contributed by atoms with Crippen LogP contribution < -0.4 is 0 Å². The number of esters is 1. The maximum atomic E-state index is 11.8. The monoisotopic (exact) mass is 271 g/mol. The van der Waals surface area contributed by atoms with E-state index in [2.05, 4.69) is 4.98 Å². The lowest BCUT2D eigenvalue weighted by Gasteiger charge is -2.17. The number of hydrogen-bond donors (Lipinski definition) is 1. The van der Waals surface area contributed by atoms with Gasteiger partial charge in [0.25, 0.3) is 0 Å². The predicted octanol–water partition coefficient (Wildman–Crippen LogP) is 2.87. The van der Waals surface area contributed by atoms with Crippen LogP contribution in [0.1, 0.15) is 30.4 Å². The molecule has 0 aliphatic rings. The van der Waals surface area contributed by atoms with Gasteiger partial charge in [-0.25, -0.2) is 0 Å². The van der Waals surface area contributed by atoms with Crippen molar-refractivity contribution in [2.45, 2.75) is 19.3 Å². The minimum atomic E-state index is -0.234. The van der Waals surface area contributed by atoms with Gasteiger partial charge in [0.15, 0.2) is 0 Å². The lowest BCUT2D eigenvalue weighted by Crippen LogP contribution is -2.11. The van der Waals surface area contributed by atoms with Crippen LogP contribution in [0.3, 0.4) is 0 Å². The summed E-state index contributed by atoms with van der Waals surface area (Å²) in [4.78, 5) is 15.8. The third kappa shape index (κ3) is 3.57. The number of aromatic hydroxyl groups is 1. The van der Waals surface area contributed by atoms with E-state index in [9.17, 15) is 9.90 Å². The highest BCUT2D eigenvalue weighted by Gasteiger charge is 2.19. The van der Waals surface area contributed by atoms with Gasteiger partial charge in [0.05, 0.1) is 13.0 Å². The number of rotatable bonds is 5. The van der Waals surface area contributed by atoms with E-state index >= 15 is 0 Å². The fourth-order valence-electron chi connectivity index (χ4n) is 2.12. The number of nitrogens with zero attached hydrogens (tertiary/aromatic N) is 1. The van der Waals surface area contributed by atoms with E-state index in [1.807, 2.05) is 24.3 Å². The molecule has 2 rings (SSSR count). The molecule has 1 atom stereocenters. The average Bonchev–Trinajstić information content (AvgIpc) is 2.47. The van der Waals surface area contributed by atoms with Gasteiger partial charge >= 0.3 is 5.97 Å². The molecule has 104 valence electrons. The molecule has 4 heteroatoms. The standard InChI is InChI=1S/C16H17NO3/c1-2-20-16(19)11-15(13-7-9-17-10-8-13)12-3-5-14(18)6-4-12/h3-10,15,18H,2,11H2,1H3. The summed E-state index contributed by atoms with van der Waals surface area (Å²) in [6, 6.07) is 10.6. The van der Waals surface area contributed by atoms with Gasteiger partial charge in [-0.2, -0.15) is 0 Å². The molecule has 20 heavy (non-hydrogen) atoms. The maximum Gasteiger partial charge on any atom is 0.306 e. The molecule has 0 fully saturated rings. The van der Waals surface area contributed by atoms with Crippen molar-refractivity contribution < 1.29 is 14.6 Å². The second kappa shape index (κ2) is 6.70. The number of aromatic nitrogens is 1. The van der Waals surface area contributed by atoms with E-state index in [-0.39, 0.29) is 24.1 Å². The molecule has 0 saturated heterocycles. The lowest BCUT2D eigenvalue weighted by atomic mass is 9.89. The Kier molecular flexibility index (Phi) is 4.71. The first-order chi connectivity index (χ1) is 9.70. The Balaban J connectivity index is 2.29. The van der Waals surface area contributed by atoms with Crippen LogP contribution in [-0.4, -0.2) is 22.7 Å². The van der Waals surface area contributed by atoms with Gasteiger partial charge in [0.1, 0.15) is 5.75 Å². The summed E-state index contributed by atoms with van der Waals surface area (Å²) >= 11 is 0. The van der Waals surface area contributed by atoms with Crippen molar-refractivity contribution >= 4 is 5.97 Å². The molecule has 2 aromatic rings. The van der Waals surface area contributed by atoms with Gasteiger partial charge in [0, 0.05) is 18.3 Å². The van der Waals surface area contributed by atoms with Crippen molar-refractivity contribution in [2.75, 3.05) is 6.61 Å². The normalized spacial score (nSPS) is 11.8. The largest absolute Gasteiger partial charge is 0.508 e.